The van der Waals surface area contributed by atoms with Gasteiger partial charge in [-0.25, -0.2) is 4.98 Å². The molecular weight excluding hydrogens is 214 g/mol. The number of hydrogen-bond donors (Lipinski definition) is 1. The number of methoxy groups -OCH3 is 1. The summed E-state index contributed by atoms with van der Waals surface area (Å²) in [6, 6.07) is 6.60. The van der Waals surface area contributed by atoms with E-state index in [2.05, 4.69) is 21.3 Å². The van der Waals surface area contributed by atoms with E-state index >= 15 is 0 Å². The number of likely N-dealkylation sites (tertiary alicyclic amines) is 1. The molecule has 0 spiro atoms. The molecule has 0 radical (unpaired) electrons. The molecule has 0 bridgehead atoms. The first kappa shape index (κ1) is 12.3. The van der Waals surface area contributed by atoms with E-state index in [-0.39, 0.29) is 0 Å². The Morgan fingerprint density at radius 3 is 3.18 bits per heavy atom. The molecule has 17 heavy (non-hydrogen) atoms. The molecule has 2 rings (SSSR count). The SMILES string of the molecule is CNCC1CCCN1Cc1cccc(OC)n1. The lowest BCUT2D eigenvalue weighted by Gasteiger charge is -2.23. The summed E-state index contributed by atoms with van der Waals surface area (Å²) in [7, 11) is 3.67. The predicted octanol–water partition coefficient (Wildman–Crippen LogP) is 1.27. The Labute approximate surface area is 103 Å². The van der Waals surface area contributed by atoms with Crippen LogP contribution in [-0.4, -0.2) is 43.2 Å². The third kappa shape index (κ3) is 3.17. The van der Waals surface area contributed by atoms with Crippen LogP contribution in [-0.2, 0) is 6.54 Å². The molecule has 0 saturated carbocycles. The maximum absolute atomic E-state index is 5.15. The summed E-state index contributed by atoms with van der Waals surface area (Å²) in [5, 5.41) is 3.26. The van der Waals surface area contributed by atoms with Crippen molar-refractivity contribution in [3.05, 3.63) is 23.9 Å². The number of likely N-dealkylation sites (N-methyl/N-ethyl adjacent to an activating group) is 1. The van der Waals surface area contributed by atoms with Crippen LogP contribution in [0.25, 0.3) is 0 Å². The van der Waals surface area contributed by atoms with Crippen LogP contribution in [0.2, 0.25) is 0 Å². The second-order valence-corrected chi connectivity index (χ2v) is 4.50. The molecule has 1 atom stereocenters. The Hall–Kier alpha value is -1.13. The van der Waals surface area contributed by atoms with Crippen molar-refractivity contribution in [2.24, 2.45) is 0 Å². The van der Waals surface area contributed by atoms with Gasteiger partial charge in [-0.2, -0.15) is 0 Å². The molecule has 4 nitrogen and oxygen atoms in total. The second kappa shape index (κ2) is 5.98. The van der Waals surface area contributed by atoms with Crippen LogP contribution in [0.1, 0.15) is 18.5 Å². The molecule has 1 aliphatic rings. The maximum atomic E-state index is 5.15. The Balaban J connectivity index is 1.99. The maximum Gasteiger partial charge on any atom is 0.213 e. The van der Waals surface area contributed by atoms with E-state index in [1.807, 2.05) is 19.2 Å². The van der Waals surface area contributed by atoms with Gasteiger partial charge in [-0.15, -0.1) is 0 Å². The zero-order valence-corrected chi connectivity index (χ0v) is 10.6. The number of nitrogens with zero attached hydrogens (tertiary/aromatic N) is 2. The highest BCUT2D eigenvalue weighted by atomic mass is 16.5. The molecule has 94 valence electrons. The summed E-state index contributed by atoms with van der Waals surface area (Å²) in [6.45, 7) is 3.15. The molecule has 4 heteroatoms. The third-order valence-corrected chi connectivity index (χ3v) is 3.29. The van der Waals surface area contributed by atoms with Crippen LogP contribution < -0.4 is 10.1 Å². The summed E-state index contributed by atoms with van der Waals surface area (Å²) in [5.74, 6) is 0.701. The molecule has 1 saturated heterocycles. The minimum Gasteiger partial charge on any atom is -0.481 e. The lowest BCUT2D eigenvalue weighted by atomic mass is 10.2. The number of rotatable bonds is 5. The zero-order valence-electron chi connectivity index (χ0n) is 10.6. The van der Waals surface area contributed by atoms with E-state index in [0.717, 1.165) is 18.8 Å². The largest absolute Gasteiger partial charge is 0.481 e. The average molecular weight is 235 g/mol. The van der Waals surface area contributed by atoms with Crippen LogP contribution in [0, 0.1) is 0 Å². The molecule has 1 unspecified atom stereocenters. The standard InChI is InChI=1S/C13H21N3O/c1-14-9-12-6-4-8-16(12)10-11-5-3-7-13(15-11)17-2/h3,5,7,12,14H,4,6,8-10H2,1-2H3. The number of aromatic nitrogens is 1. The van der Waals surface area contributed by atoms with Gasteiger partial charge in [0.15, 0.2) is 0 Å². The minimum atomic E-state index is 0.646. The Morgan fingerprint density at radius 2 is 2.41 bits per heavy atom. The smallest absolute Gasteiger partial charge is 0.213 e. The normalized spacial score (nSPS) is 20.7. The number of nitrogens with one attached hydrogen (secondary N) is 1. The summed E-state index contributed by atoms with van der Waals surface area (Å²) < 4.78 is 5.15. The number of ether oxygens (including phenoxy) is 1. The number of hydrogen-bond acceptors (Lipinski definition) is 4. The minimum absolute atomic E-state index is 0.646. The second-order valence-electron chi connectivity index (χ2n) is 4.50. The fourth-order valence-corrected chi connectivity index (χ4v) is 2.44. The van der Waals surface area contributed by atoms with Crippen LogP contribution in [0.5, 0.6) is 5.88 Å². The lowest BCUT2D eigenvalue weighted by Crippen LogP contribution is -2.36. The highest BCUT2D eigenvalue weighted by molar-refractivity contribution is 5.15. The summed E-state index contributed by atoms with van der Waals surface area (Å²) in [4.78, 5) is 6.96. The zero-order chi connectivity index (χ0) is 12.1. The van der Waals surface area contributed by atoms with Gasteiger partial charge in [0.1, 0.15) is 0 Å². The van der Waals surface area contributed by atoms with Crippen LogP contribution in [0.4, 0.5) is 0 Å². The van der Waals surface area contributed by atoms with Crippen molar-refractivity contribution in [3.63, 3.8) is 0 Å². The highest BCUT2D eigenvalue weighted by Gasteiger charge is 2.23. The van der Waals surface area contributed by atoms with Crippen molar-refractivity contribution < 1.29 is 4.74 Å². The molecule has 1 fully saturated rings. The van der Waals surface area contributed by atoms with Crippen molar-refractivity contribution >= 4 is 0 Å². The quantitative estimate of drug-likeness (QED) is 0.834. The van der Waals surface area contributed by atoms with Gasteiger partial charge >= 0.3 is 0 Å². The monoisotopic (exact) mass is 235 g/mol. The first-order chi connectivity index (χ1) is 8.33. The summed E-state index contributed by atoms with van der Waals surface area (Å²) >= 11 is 0. The van der Waals surface area contributed by atoms with Crippen molar-refractivity contribution in [1.82, 2.24) is 15.2 Å². The van der Waals surface area contributed by atoms with E-state index in [1.165, 1.54) is 19.4 Å². The van der Waals surface area contributed by atoms with Crippen molar-refractivity contribution in [1.29, 1.82) is 0 Å². The van der Waals surface area contributed by atoms with Gasteiger partial charge in [0.2, 0.25) is 5.88 Å². The molecule has 1 aromatic rings. The Bertz CT molecular complexity index is 356. The van der Waals surface area contributed by atoms with E-state index in [0.29, 0.717) is 11.9 Å². The Kier molecular flexibility index (Phi) is 4.34. The van der Waals surface area contributed by atoms with Crippen LogP contribution in [0.15, 0.2) is 18.2 Å². The molecular formula is C13H21N3O. The van der Waals surface area contributed by atoms with Crippen LogP contribution in [0.3, 0.4) is 0 Å². The fraction of sp³-hybridized carbons (Fsp3) is 0.615. The molecule has 1 aromatic heterocycles. The van der Waals surface area contributed by atoms with E-state index in [1.54, 1.807) is 7.11 Å². The van der Waals surface area contributed by atoms with Gasteiger partial charge < -0.3 is 10.1 Å². The van der Waals surface area contributed by atoms with E-state index in [9.17, 15) is 0 Å². The molecule has 2 heterocycles. The third-order valence-electron chi connectivity index (χ3n) is 3.29. The molecule has 0 amide bonds. The van der Waals surface area contributed by atoms with Gasteiger partial charge in [-0.1, -0.05) is 6.07 Å². The predicted molar refractivity (Wildman–Crippen MR) is 68.1 cm³/mol. The molecule has 0 aliphatic carbocycles. The summed E-state index contributed by atoms with van der Waals surface area (Å²) in [6.07, 6.45) is 2.57. The van der Waals surface area contributed by atoms with E-state index < -0.39 is 0 Å². The molecule has 0 aromatic carbocycles. The van der Waals surface area contributed by atoms with Gasteiger partial charge in [0, 0.05) is 25.2 Å². The molecule has 1 N–H and O–H groups in total. The lowest BCUT2D eigenvalue weighted by molar-refractivity contribution is 0.238. The Morgan fingerprint density at radius 1 is 1.53 bits per heavy atom. The van der Waals surface area contributed by atoms with Crippen LogP contribution >= 0.6 is 0 Å². The van der Waals surface area contributed by atoms with Gasteiger partial charge in [-0.3, -0.25) is 4.90 Å². The fourth-order valence-electron chi connectivity index (χ4n) is 2.44. The first-order valence-electron chi connectivity index (χ1n) is 6.22. The van der Waals surface area contributed by atoms with Crippen molar-refractivity contribution in [2.75, 3.05) is 27.2 Å². The number of pyridine rings is 1. The van der Waals surface area contributed by atoms with Crippen molar-refractivity contribution in [3.8, 4) is 5.88 Å². The van der Waals surface area contributed by atoms with Gasteiger partial charge in [-0.05, 0) is 32.5 Å². The topological polar surface area (TPSA) is 37.4 Å². The molecule has 1 aliphatic heterocycles. The average Bonchev–Trinajstić information content (AvgIpc) is 2.78. The van der Waals surface area contributed by atoms with Crippen molar-refractivity contribution in [2.45, 2.75) is 25.4 Å². The van der Waals surface area contributed by atoms with Gasteiger partial charge in [0.05, 0.1) is 12.8 Å². The van der Waals surface area contributed by atoms with Gasteiger partial charge in [0.25, 0.3) is 0 Å². The highest BCUT2D eigenvalue weighted by Crippen LogP contribution is 2.19. The summed E-state index contributed by atoms with van der Waals surface area (Å²) in [5.41, 5.74) is 1.09. The van der Waals surface area contributed by atoms with E-state index in [4.69, 9.17) is 4.74 Å². The first-order valence-corrected chi connectivity index (χ1v) is 6.22.